The van der Waals surface area contributed by atoms with Crippen LogP contribution in [0.5, 0.6) is 0 Å². The molecule has 4 aliphatic rings. The molecule has 4 fully saturated rings. The molecule has 9 atom stereocenters. The van der Waals surface area contributed by atoms with Crippen LogP contribution in [-0.2, 0) is 14.3 Å². The number of rotatable bonds is 7. The molecule has 302 valence electrons. The van der Waals surface area contributed by atoms with E-state index in [0.717, 1.165) is 75.3 Å². The number of fused-ring (bicyclic) bond motifs is 2. The fourth-order valence-electron chi connectivity index (χ4n) is 9.45. The number of hydrogen-bond donors (Lipinski definition) is 3. The molecular weight excluding hydrogens is 845 g/mol. The maximum Gasteiger partial charge on any atom is 0.411 e. The first-order valence-corrected chi connectivity index (χ1v) is 21.5. The van der Waals surface area contributed by atoms with Crippen LogP contribution in [0.3, 0.4) is 0 Å². The number of ether oxygens (including phenoxy) is 2. The molecule has 2 aliphatic heterocycles. The number of methoxy groups -OCH3 is 1. The van der Waals surface area contributed by atoms with Crippen molar-refractivity contribution in [3.05, 3.63) is 84.7 Å². The van der Waals surface area contributed by atoms with Gasteiger partial charge in [0.05, 0.1) is 43.0 Å². The summed E-state index contributed by atoms with van der Waals surface area (Å²) in [4.78, 5) is 60.1. The van der Waals surface area contributed by atoms with Crippen molar-refractivity contribution in [2.75, 3.05) is 7.11 Å². The molecule has 2 saturated carbocycles. The van der Waals surface area contributed by atoms with E-state index in [4.69, 9.17) is 19.4 Å². The molecule has 3 amide bonds. The highest BCUT2D eigenvalue weighted by molar-refractivity contribution is 14.1. The number of likely N-dealkylation sites (tertiary alicyclic amines) is 2. The Morgan fingerprint density at radius 1 is 0.776 bits per heavy atom. The number of imidazole rings is 2. The third kappa shape index (κ3) is 6.62. The lowest BCUT2D eigenvalue weighted by Gasteiger charge is -2.31. The van der Waals surface area contributed by atoms with E-state index >= 15 is 0 Å². The van der Waals surface area contributed by atoms with Gasteiger partial charge < -0.3 is 29.7 Å². The summed E-state index contributed by atoms with van der Waals surface area (Å²) in [5.74, 6) is 2.02. The Hall–Kier alpha value is -4.92. The van der Waals surface area contributed by atoms with E-state index in [1.54, 1.807) is 0 Å². The average Bonchev–Trinajstić information content (AvgIpc) is 3.65. The normalized spacial score (nSPS) is 28.7. The van der Waals surface area contributed by atoms with E-state index in [0.29, 0.717) is 5.92 Å². The van der Waals surface area contributed by atoms with Crippen LogP contribution in [0.25, 0.3) is 44.4 Å². The number of nitrogens with one attached hydrogen (secondary N) is 3. The summed E-state index contributed by atoms with van der Waals surface area (Å²) in [5, 5.41) is 5.14. The molecular formula is C45H50IN7O5. The summed E-state index contributed by atoms with van der Waals surface area (Å²) in [5.41, 5.74) is 4.54. The first kappa shape index (κ1) is 38.6. The summed E-state index contributed by atoms with van der Waals surface area (Å²) in [6.07, 6.45) is 5.48. The first-order chi connectivity index (χ1) is 27.7. The van der Waals surface area contributed by atoms with Gasteiger partial charge in [0.15, 0.2) is 0 Å². The Bertz CT molecular complexity index is 2410. The molecule has 2 saturated heterocycles. The minimum Gasteiger partial charge on any atom is -0.453 e. The molecule has 5 aromatic rings. The number of nitrogens with zero attached hydrogens (tertiary/aromatic N) is 4. The predicted molar refractivity (Wildman–Crippen MR) is 230 cm³/mol. The molecule has 3 aromatic carbocycles. The number of aromatic nitrogens is 4. The Labute approximate surface area is 352 Å². The third-order valence-corrected chi connectivity index (χ3v) is 14.7. The van der Waals surface area contributed by atoms with Gasteiger partial charge in [-0.05, 0) is 104 Å². The number of benzene rings is 3. The molecule has 2 aromatic heterocycles. The van der Waals surface area contributed by atoms with Crippen molar-refractivity contribution in [2.24, 2.45) is 17.8 Å². The Balaban J connectivity index is 0.893. The summed E-state index contributed by atoms with van der Waals surface area (Å²) in [6.45, 7) is 11.8. The molecule has 0 radical (unpaired) electrons. The van der Waals surface area contributed by atoms with Crippen LogP contribution in [0.4, 0.5) is 9.59 Å². The van der Waals surface area contributed by atoms with Crippen LogP contribution in [0.2, 0.25) is 0 Å². The van der Waals surface area contributed by atoms with Crippen LogP contribution in [0.1, 0.15) is 84.5 Å². The van der Waals surface area contributed by atoms with Crippen molar-refractivity contribution in [3.63, 3.8) is 0 Å². The molecule has 2 unspecified atom stereocenters. The molecule has 12 nitrogen and oxygen atoms in total. The second kappa shape index (κ2) is 14.1. The number of amides is 3. The van der Waals surface area contributed by atoms with Crippen molar-refractivity contribution in [1.82, 2.24) is 35.1 Å². The van der Waals surface area contributed by atoms with Crippen LogP contribution in [0.15, 0.2) is 73.1 Å². The fraction of sp³-hybridized carbons (Fsp3) is 0.444. The van der Waals surface area contributed by atoms with Crippen molar-refractivity contribution in [2.45, 2.75) is 100 Å². The standard InChI is InChI=1S/C45H50IN7O5/c1-23-24(2)45(23,51-42(55)57-7)41(54)53-36-18-32(36)19-37(53)39-47-21-34(49-39)27-10-8-26(9-11-27)28-12-13-30-17-31(15-14-29(30)16-28)35-22-48-40(50-35)38-20-33(46)25(3)52(38)43(56)58-44(4,5)6/h8-17,21-25,32-33,36-38H,18-20H2,1-7H3,(H,47,49)(H,48,50)(H,51,55)/t23-,24?,25-,32-,33-,36-,37+,38+,45?/m1/s1. The molecule has 58 heavy (non-hydrogen) atoms. The smallest absolute Gasteiger partial charge is 0.411 e. The van der Waals surface area contributed by atoms with Gasteiger partial charge in [0.2, 0.25) is 5.91 Å². The lowest BCUT2D eigenvalue weighted by atomic mass is 9.98. The van der Waals surface area contributed by atoms with E-state index in [-0.39, 0.29) is 51.9 Å². The summed E-state index contributed by atoms with van der Waals surface area (Å²) < 4.78 is 11.0. The maximum atomic E-state index is 14.2. The average molecular weight is 896 g/mol. The van der Waals surface area contributed by atoms with Crippen LogP contribution >= 0.6 is 22.6 Å². The number of halogens is 1. The van der Waals surface area contributed by atoms with Gasteiger partial charge in [-0.2, -0.15) is 0 Å². The maximum absolute atomic E-state index is 14.2. The lowest BCUT2D eigenvalue weighted by Crippen LogP contribution is -2.53. The van der Waals surface area contributed by atoms with Crippen molar-refractivity contribution in [3.8, 4) is 33.6 Å². The van der Waals surface area contributed by atoms with Crippen molar-refractivity contribution >= 4 is 51.5 Å². The van der Waals surface area contributed by atoms with Crippen molar-refractivity contribution in [1.29, 1.82) is 0 Å². The van der Waals surface area contributed by atoms with Gasteiger partial charge in [0, 0.05) is 21.6 Å². The number of aromatic amines is 2. The predicted octanol–water partition coefficient (Wildman–Crippen LogP) is 9.20. The molecule has 3 N–H and O–H groups in total. The topological polar surface area (TPSA) is 146 Å². The monoisotopic (exact) mass is 895 g/mol. The van der Waals surface area contributed by atoms with Gasteiger partial charge in [0.25, 0.3) is 0 Å². The number of alkyl carbamates (subject to hydrolysis) is 1. The van der Waals surface area contributed by atoms with Gasteiger partial charge in [0.1, 0.15) is 22.8 Å². The van der Waals surface area contributed by atoms with E-state index in [9.17, 15) is 14.4 Å². The summed E-state index contributed by atoms with van der Waals surface area (Å²) >= 11 is 2.43. The SMILES string of the molecule is COC(=O)NC1(C(=O)N2[C@@H]3C[C@@H]3C[C@H]2c2ncc(-c3ccc(-c4ccc5cc(-c6cnc([C@@H]7C[C@@H](I)[C@@H](C)N7C(=O)OC(C)(C)C)[nH]6)ccc5c4)cc3)[nH]2)C(C)[C@H]1C. The van der Waals surface area contributed by atoms with Gasteiger partial charge in [-0.3, -0.25) is 9.69 Å². The van der Waals surface area contributed by atoms with E-state index in [2.05, 4.69) is 105 Å². The molecule has 9 rings (SSSR count). The van der Waals surface area contributed by atoms with Gasteiger partial charge >= 0.3 is 12.2 Å². The first-order valence-electron chi connectivity index (χ1n) is 20.3. The van der Waals surface area contributed by atoms with Gasteiger partial charge in [-0.15, -0.1) is 0 Å². The van der Waals surface area contributed by atoms with E-state index in [1.165, 1.54) is 7.11 Å². The molecule has 4 heterocycles. The number of H-pyrrole nitrogens is 2. The van der Waals surface area contributed by atoms with E-state index in [1.807, 2.05) is 56.8 Å². The Kier molecular flexibility index (Phi) is 9.40. The largest absolute Gasteiger partial charge is 0.453 e. The highest BCUT2D eigenvalue weighted by atomic mass is 127. The van der Waals surface area contributed by atoms with Crippen LogP contribution in [-0.4, -0.2) is 82.1 Å². The molecule has 0 bridgehead atoms. The number of piperidine rings is 1. The Morgan fingerprint density at radius 2 is 1.33 bits per heavy atom. The second-order valence-corrected chi connectivity index (χ2v) is 19.3. The van der Waals surface area contributed by atoms with Crippen LogP contribution in [0, 0.1) is 17.8 Å². The van der Waals surface area contributed by atoms with Gasteiger partial charge in [-0.1, -0.05) is 85.0 Å². The minimum absolute atomic E-state index is 0.0230. The zero-order valence-corrected chi connectivity index (χ0v) is 36.0. The number of carbonyl (C=O) groups excluding carboxylic acids is 3. The fourth-order valence-corrected chi connectivity index (χ4v) is 10.3. The number of carbonyl (C=O) groups is 3. The van der Waals surface area contributed by atoms with E-state index < -0.39 is 17.2 Å². The summed E-state index contributed by atoms with van der Waals surface area (Å²) in [7, 11) is 1.33. The lowest BCUT2D eigenvalue weighted by molar-refractivity contribution is -0.137. The highest BCUT2D eigenvalue weighted by Crippen LogP contribution is 2.58. The quantitative estimate of drug-likeness (QED) is 0.109. The zero-order chi connectivity index (χ0) is 40.8. The zero-order valence-electron chi connectivity index (χ0n) is 33.9. The summed E-state index contributed by atoms with van der Waals surface area (Å²) in [6, 6.07) is 21.2. The third-order valence-electron chi connectivity index (χ3n) is 13.1. The second-order valence-electron chi connectivity index (χ2n) is 17.7. The number of alkyl halides is 1. The number of hydrogen-bond acceptors (Lipinski definition) is 7. The molecule has 0 spiro atoms. The van der Waals surface area contributed by atoms with Crippen LogP contribution < -0.4 is 5.32 Å². The highest BCUT2D eigenvalue weighted by Gasteiger charge is 2.70. The molecule has 13 heteroatoms. The molecule has 2 aliphatic carbocycles. The van der Waals surface area contributed by atoms with Crippen molar-refractivity contribution < 1.29 is 23.9 Å². The minimum atomic E-state index is -0.940. The van der Waals surface area contributed by atoms with Gasteiger partial charge in [-0.25, -0.2) is 19.6 Å². The Morgan fingerprint density at radius 3 is 1.93 bits per heavy atom.